The summed E-state index contributed by atoms with van der Waals surface area (Å²) in [4.78, 5) is 23.1. The molecule has 2 aromatic carbocycles. The Morgan fingerprint density at radius 1 is 1.04 bits per heavy atom. The first-order valence-corrected chi connectivity index (χ1v) is 7.37. The van der Waals surface area contributed by atoms with E-state index in [1.54, 1.807) is 18.2 Å². The maximum absolute atomic E-state index is 10.7. The predicted octanol–water partition coefficient (Wildman–Crippen LogP) is -0.642. The van der Waals surface area contributed by atoms with Crippen molar-refractivity contribution in [2.24, 2.45) is 0 Å². The molecule has 2 aromatic rings. The summed E-state index contributed by atoms with van der Waals surface area (Å²) in [7, 11) is 0. The van der Waals surface area contributed by atoms with E-state index in [1.165, 1.54) is 54.9 Å². The summed E-state index contributed by atoms with van der Waals surface area (Å²) in [6.07, 6.45) is 5.64. The van der Waals surface area contributed by atoms with Crippen LogP contribution in [0, 0.1) is 20.2 Å². The molecule has 0 aromatic heterocycles. The smallest absolute Gasteiger partial charge is 0.276 e. The molecule has 0 unspecified atom stereocenters. The monoisotopic (exact) mass is 390 g/mol. The first-order chi connectivity index (χ1) is 12.5. The van der Waals surface area contributed by atoms with Crippen molar-refractivity contribution in [3.05, 3.63) is 92.9 Å². The van der Waals surface area contributed by atoms with Gasteiger partial charge in [0.15, 0.2) is 5.76 Å². The van der Waals surface area contributed by atoms with Crippen LogP contribution in [0.5, 0.6) is 0 Å². The SMILES string of the molecule is O=[N+]([O-])c1cccc(N/C=C/C=C(\O)C=[NH+]c2cccc([N+](=O)[O-])c2)c1.[Cl-]. The number of halogens is 1. The van der Waals surface area contributed by atoms with Crippen molar-refractivity contribution in [1.82, 2.24) is 0 Å². The molecule has 140 valence electrons. The number of nitrogens with one attached hydrogen (secondary N) is 2. The molecule has 0 saturated carbocycles. The van der Waals surface area contributed by atoms with Crippen molar-refractivity contribution >= 4 is 29.0 Å². The highest BCUT2D eigenvalue weighted by Crippen LogP contribution is 2.16. The van der Waals surface area contributed by atoms with Gasteiger partial charge in [0, 0.05) is 36.2 Å². The van der Waals surface area contributed by atoms with E-state index in [0.717, 1.165) is 0 Å². The summed E-state index contributed by atoms with van der Waals surface area (Å²) >= 11 is 0. The summed E-state index contributed by atoms with van der Waals surface area (Å²) in [5, 5.41) is 34.0. The van der Waals surface area contributed by atoms with Crippen LogP contribution in [0.4, 0.5) is 22.7 Å². The highest BCUT2D eigenvalue weighted by molar-refractivity contribution is 5.71. The lowest BCUT2D eigenvalue weighted by Gasteiger charge is -1.99. The highest BCUT2D eigenvalue weighted by atomic mass is 35.5. The second kappa shape index (κ2) is 10.3. The van der Waals surface area contributed by atoms with E-state index in [2.05, 4.69) is 10.3 Å². The Hall–Kier alpha value is -3.72. The third-order valence-corrected chi connectivity index (χ3v) is 3.11. The predicted molar refractivity (Wildman–Crippen MR) is 96.4 cm³/mol. The molecule has 3 N–H and O–H groups in total. The van der Waals surface area contributed by atoms with Crippen LogP contribution in [0.25, 0.3) is 0 Å². The van der Waals surface area contributed by atoms with E-state index in [9.17, 15) is 25.3 Å². The van der Waals surface area contributed by atoms with Crippen molar-refractivity contribution in [1.29, 1.82) is 0 Å². The molecule has 10 heteroatoms. The topological polar surface area (TPSA) is 133 Å². The lowest BCUT2D eigenvalue weighted by molar-refractivity contribution is -0.387. The molecule has 0 fully saturated rings. The number of hydrogen-bond acceptors (Lipinski definition) is 6. The van der Waals surface area contributed by atoms with Gasteiger partial charge in [-0.2, -0.15) is 0 Å². The van der Waals surface area contributed by atoms with Crippen LogP contribution in [0.2, 0.25) is 0 Å². The minimum atomic E-state index is -0.511. The van der Waals surface area contributed by atoms with Crippen molar-refractivity contribution < 1.29 is 32.4 Å². The summed E-state index contributed by atoms with van der Waals surface area (Å²) < 4.78 is 0. The van der Waals surface area contributed by atoms with Crippen LogP contribution in [0.3, 0.4) is 0 Å². The fourth-order valence-corrected chi connectivity index (χ4v) is 1.91. The zero-order valence-electron chi connectivity index (χ0n) is 13.8. The van der Waals surface area contributed by atoms with E-state index in [1.807, 2.05) is 0 Å². The number of aliphatic hydroxyl groups is 1. The minimum absolute atomic E-state index is 0. The second-order valence-electron chi connectivity index (χ2n) is 5.00. The third-order valence-electron chi connectivity index (χ3n) is 3.11. The quantitative estimate of drug-likeness (QED) is 0.189. The number of benzene rings is 2. The Kier molecular flexibility index (Phi) is 8.14. The zero-order chi connectivity index (χ0) is 18.9. The molecule has 0 saturated heterocycles. The van der Waals surface area contributed by atoms with Gasteiger partial charge in [0.2, 0.25) is 11.9 Å². The Morgan fingerprint density at radius 3 is 2.33 bits per heavy atom. The Labute approximate surface area is 160 Å². The molecule has 27 heavy (non-hydrogen) atoms. The molecule has 0 atom stereocenters. The fraction of sp³-hybridized carbons (Fsp3) is 0. The largest absolute Gasteiger partial charge is 1.00 e. The second-order valence-corrected chi connectivity index (χ2v) is 5.00. The summed E-state index contributed by atoms with van der Waals surface area (Å²) in [5.74, 6) is -0.117. The number of hydrogen-bond donors (Lipinski definition) is 3. The maximum atomic E-state index is 10.7. The fourth-order valence-electron chi connectivity index (χ4n) is 1.91. The standard InChI is InChI=1S/C17H14N4O5.ClH/c22-17(12-19-14-5-2-7-16(11-14)21(25)26)8-3-9-18-13-4-1-6-15(10-13)20(23)24;/h1-12,18,22H;1H/b9-3+,17-8-,19-12?;. The third kappa shape index (κ3) is 6.96. The normalized spacial score (nSPS) is 11.3. The molecular weight excluding hydrogens is 376 g/mol. The lowest BCUT2D eigenvalue weighted by atomic mass is 10.3. The van der Waals surface area contributed by atoms with E-state index < -0.39 is 9.85 Å². The maximum Gasteiger partial charge on any atom is 0.276 e. The molecule has 0 heterocycles. The van der Waals surface area contributed by atoms with Crippen molar-refractivity contribution in [3.8, 4) is 0 Å². The Morgan fingerprint density at radius 2 is 1.67 bits per heavy atom. The van der Waals surface area contributed by atoms with E-state index in [4.69, 9.17) is 0 Å². The van der Waals surface area contributed by atoms with Crippen molar-refractivity contribution in [2.75, 3.05) is 5.32 Å². The summed E-state index contributed by atoms with van der Waals surface area (Å²) in [5.41, 5.74) is 0.893. The van der Waals surface area contributed by atoms with Gasteiger partial charge in [-0.25, -0.2) is 4.99 Å². The number of rotatable bonds is 7. The first kappa shape index (κ1) is 21.3. The number of nitro groups is 2. The van der Waals surface area contributed by atoms with E-state index in [0.29, 0.717) is 11.4 Å². The van der Waals surface area contributed by atoms with Crippen LogP contribution in [0.1, 0.15) is 0 Å². The van der Waals surface area contributed by atoms with Gasteiger partial charge in [0.05, 0.1) is 15.9 Å². The molecule has 0 aliphatic rings. The Balaban J connectivity index is 0.00000364. The lowest BCUT2D eigenvalue weighted by Crippen LogP contribution is -3.00. The molecule has 0 aliphatic carbocycles. The van der Waals surface area contributed by atoms with Gasteiger partial charge in [-0.1, -0.05) is 6.07 Å². The highest BCUT2D eigenvalue weighted by Gasteiger charge is 2.07. The van der Waals surface area contributed by atoms with Gasteiger partial charge in [0.25, 0.3) is 11.4 Å². The van der Waals surface area contributed by atoms with Crippen LogP contribution >= 0.6 is 0 Å². The van der Waals surface area contributed by atoms with Crippen LogP contribution in [-0.2, 0) is 0 Å². The number of anilines is 1. The van der Waals surface area contributed by atoms with Crippen LogP contribution in [-0.4, -0.2) is 21.2 Å². The minimum Gasteiger partial charge on any atom is -1.00 e. The van der Waals surface area contributed by atoms with Gasteiger partial charge in [-0.05, 0) is 24.3 Å². The molecule has 2 rings (SSSR count). The van der Waals surface area contributed by atoms with Gasteiger partial charge in [-0.15, -0.1) is 0 Å². The van der Waals surface area contributed by atoms with Gasteiger partial charge in [0.1, 0.15) is 0 Å². The molecule has 0 amide bonds. The summed E-state index contributed by atoms with van der Waals surface area (Å²) in [6.45, 7) is 0. The number of non-ortho nitro benzene ring substituents is 2. The molecule has 0 aliphatic heterocycles. The van der Waals surface area contributed by atoms with Crippen LogP contribution < -0.4 is 22.7 Å². The number of nitro benzene ring substituents is 2. The molecule has 0 radical (unpaired) electrons. The van der Waals surface area contributed by atoms with E-state index >= 15 is 0 Å². The first-order valence-electron chi connectivity index (χ1n) is 7.37. The van der Waals surface area contributed by atoms with Crippen LogP contribution in [0.15, 0.2) is 72.6 Å². The molecule has 9 nitrogen and oxygen atoms in total. The van der Waals surface area contributed by atoms with Crippen molar-refractivity contribution in [2.45, 2.75) is 0 Å². The average molecular weight is 391 g/mol. The number of aliphatic hydroxyl groups excluding tert-OH is 1. The van der Waals surface area contributed by atoms with Gasteiger partial charge >= 0.3 is 0 Å². The van der Waals surface area contributed by atoms with Gasteiger partial charge in [-0.3, -0.25) is 20.2 Å². The summed E-state index contributed by atoms with van der Waals surface area (Å²) in [6, 6.07) is 11.8. The van der Waals surface area contributed by atoms with Gasteiger partial charge < -0.3 is 22.8 Å². The Bertz CT molecular complexity index is 912. The van der Waals surface area contributed by atoms with Crippen molar-refractivity contribution in [3.63, 3.8) is 0 Å². The average Bonchev–Trinajstić information content (AvgIpc) is 2.64. The number of nitrogens with zero attached hydrogens (tertiary/aromatic N) is 2. The molecule has 0 spiro atoms. The molecule has 0 bridgehead atoms. The van der Waals surface area contributed by atoms with E-state index in [-0.39, 0.29) is 29.5 Å². The number of allylic oxidation sites excluding steroid dienone is 3. The zero-order valence-corrected chi connectivity index (χ0v) is 14.5. The molecular formula is C17H15ClN4O5.